The van der Waals surface area contributed by atoms with E-state index in [0.29, 0.717) is 22.5 Å². The first kappa shape index (κ1) is 23.2. The number of amides is 1. The van der Waals surface area contributed by atoms with Crippen LogP contribution in [0.4, 0.5) is 11.4 Å². The molecular weight excluding hydrogens is 458 g/mol. The predicted molar refractivity (Wildman–Crippen MR) is 142 cm³/mol. The molecule has 3 aromatic carbocycles. The third kappa shape index (κ3) is 5.11. The summed E-state index contributed by atoms with van der Waals surface area (Å²) in [4.78, 5) is 27.6. The Bertz CT molecular complexity index is 1270. The van der Waals surface area contributed by atoms with Gasteiger partial charge in [0.05, 0.1) is 29.6 Å². The molecule has 0 radical (unpaired) electrons. The summed E-state index contributed by atoms with van der Waals surface area (Å²) in [6, 6.07) is 23.3. The molecule has 0 atom stereocenters. The summed E-state index contributed by atoms with van der Waals surface area (Å²) in [5.74, 6) is 1.73. The van der Waals surface area contributed by atoms with Crippen molar-refractivity contribution in [3.63, 3.8) is 0 Å². The summed E-state index contributed by atoms with van der Waals surface area (Å²) < 4.78 is 4.82. The van der Waals surface area contributed by atoms with Gasteiger partial charge in [0.2, 0.25) is 0 Å². The summed E-state index contributed by atoms with van der Waals surface area (Å²) in [5, 5.41) is 6.40. The number of ether oxygens (including phenoxy) is 1. The molecule has 2 aliphatic heterocycles. The highest BCUT2D eigenvalue weighted by Crippen LogP contribution is 2.38. The standard InChI is InChI=1S/C28H27N3O3S/c1-34-28(33)21-9-12-23-24(17-21)30-27(32)25(23)26(20-5-3-2-4-6-20)29-22-10-7-19(8-11-22)18-31-13-15-35-16-14-31/h2-12,17,29H,13-16,18H2,1H3,(H,30,32)/b26-25-. The lowest BCUT2D eigenvalue weighted by Gasteiger charge is -2.26. The van der Waals surface area contributed by atoms with Gasteiger partial charge in [-0.1, -0.05) is 48.5 Å². The fourth-order valence-electron chi connectivity index (χ4n) is 4.40. The number of thioether (sulfide) groups is 1. The van der Waals surface area contributed by atoms with E-state index in [4.69, 9.17) is 4.74 Å². The molecule has 0 spiro atoms. The molecule has 0 unspecified atom stereocenters. The largest absolute Gasteiger partial charge is 0.465 e. The summed E-state index contributed by atoms with van der Waals surface area (Å²) in [5.41, 5.74) is 6.07. The molecule has 0 aliphatic carbocycles. The number of nitrogens with zero attached hydrogens (tertiary/aromatic N) is 1. The van der Waals surface area contributed by atoms with Crippen LogP contribution in [0.15, 0.2) is 72.8 Å². The Balaban J connectivity index is 1.48. The summed E-state index contributed by atoms with van der Waals surface area (Å²) in [6.07, 6.45) is 0. The summed E-state index contributed by atoms with van der Waals surface area (Å²) in [7, 11) is 1.34. The van der Waals surface area contributed by atoms with Gasteiger partial charge in [0, 0.05) is 42.4 Å². The Kier molecular flexibility index (Phi) is 6.88. The normalized spacial score (nSPS) is 16.9. The zero-order chi connectivity index (χ0) is 24.2. The van der Waals surface area contributed by atoms with Crippen LogP contribution in [0.2, 0.25) is 0 Å². The van der Waals surface area contributed by atoms with E-state index in [1.165, 1.54) is 24.2 Å². The van der Waals surface area contributed by atoms with E-state index in [9.17, 15) is 9.59 Å². The second kappa shape index (κ2) is 10.4. The van der Waals surface area contributed by atoms with E-state index in [-0.39, 0.29) is 5.91 Å². The van der Waals surface area contributed by atoms with Crippen molar-refractivity contribution in [1.29, 1.82) is 0 Å². The second-order valence-electron chi connectivity index (χ2n) is 8.53. The number of hydrogen-bond acceptors (Lipinski definition) is 6. The van der Waals surface area contributed by atoms with Crippen LogP contribution in [0, 0.1) is 0 Å². The number of nitrogens with one attached hydrogen (secondary N) is 2. The van der Waals surface area contributed by atoms with Gasteiger partial charge in [-0.25, -0.2) is 4.79 Å². The van der Waals surface area contributed by atoms with Crippen molar-refractivity contribution in [1.82, 2.24) is 4.90 Å². The molecule has 35 heavy (non-hydrogen) atoms. The van der Waals surface area contributed by atoms with E-state index in [1.807, 2.05) is 42.1 Å². The number of anilines is 2. The van der Waals surface area contributed by atoms with E-state index in [1.54, 1.807) is 18.2 Å². The highest BCUT2D eigenvalue weighted by Gasteiger charge is 2.29. The molecule has 3 aromatic rings. The van der Waals surface area contributed by atoms with E-state index in [2.05, 4.69) is 39.8 Å². The van der Waals surface area contributed by atoms with Crippen LogP contribution in [0.3, 0.4) is 0 Å². The molecule has 1 saturated heterocycles. The number of benzene rings is 3. The van der Waals surface area contributed by atoms with Gasteiger partial charge in [-0.05, 0) is 35.4 Å². The maximum atomic E-state index is 13.1. The molecule has 0 aromatic heterocycles. The minimum absolute atomic E-state index is 0.215. The summed E-state index contributed by atoms with van der Waals surface area (Å²) >= 11 is 2.01. The molecule has 2 heterocycles. The number of carbonyl (C=O) groups is 2. The minimum Gasteiger partial charge on any atom is -0.465 e. The number of hydrogen-bond donors (Lipinski definition) is 2. The van der Waals surface area contributed by atoms with Crippen LogP contribution in [0.25, 0.3) is 11.3 Å². The Hall–Kier alpha value is -3.55. The van der Waals surface area contributed by atoms with E-state index >= 15 is 0 Å². The van der Waals surface area contributed by atoms with E-state index < -0.39 is 5.97 Å². The van der Waals surface area contributed by atoms with Crippen LogP contribution >= 0.6 is 11.8 Å². The Morgan fingerprint density at radius 2 is 1.74 bits per heavy atom. The molecule has 0 bridgehead atoms. The van der Waals surface area contributed by atoms with E-state index in [0.717, 1.165) is 36.4 Å². The lowest BCUT2D eigenvalue weighted by atomic mass is 9.99. The van der Waals surface area contributed by atoms with Gasteiger partial charge in [0.25, 0.3) is 5.91 Å². The van der Waals surface area contributed by atoms with Crippen LogP contribution in [0.1, 0.15) is 27.0 Å². The van der Waals surface area contributed by atoms with Gasteiger partial charge in [-0.2, -0.15) is 11.8 Å². The fraction of sp³-hybridized carbons (Fsp3) is 0.214. The van der Waals surface area contributed by atoms with Gasteiger partial charge in [0.1, 0.15) is 0 Å². The first-order chi connectivity index (χ1) is 17.1. The fourth-order valence-corrected chi connectivity index (χ4v) is 5.38. The maximum absolute atomic E-state index is 13.1. The average molecular weight is 486 g/mol. The van der Waals surface area contributed by atoms with Crippen LogP contribution in [-0.2, 0) is 16.1 Å². The molecule has 1 fully saturated rings. The zero-order valence-corrected chi connectivity index (χ0v) is 20.4. The quantitative estimate of drug-likeness (QED) is 0.380. The summed E-state index contributed by atoms with van der Waals surface area (Å²) in [6.45, 7) is 3.20. The van der Waals surface area contributed by atoms with Crippen molar-refractivity contribution in [2.75, 3.05) is 42.3 Å². The van der Waals surface area contributed by atoms with Crippen molar-refractivity contribution >= 4 is 46.3 Å². The minimum atomic E-state index is -0.440. The van der Waals surface area contributed by atoms with Crippen molar-refractivity contribution in [3.8, 4) is 0 Å². The first-order valence-electron chi connectivity index (χ1n) is 11.6. The highest BCUT2D eigenvalue weighted by molar-refractivity contribution is 7.99. The van der Waals surface area contributed by atoms with Crippen LogP contribution < -0.4 is 10.6 Å². The van der Waals surface area contributed by atoms with Crippen molar-refractivity contribution in [2.24, 2.45) is 0 Å². The number of methoxy groups -OCH3 is 1. The molecule has 7 heteroatoms. The highest BCUT2D eigenvalue weighted by atomic mass is 32.2. The second-order valence-corrected chi connectivity index (χ2v) is 9.76. The Morgan fingerprint density at radius 3 is 2.46 bits per heavy atom. The van der Waals surface area contributed by atoms with Gasteiger partial charge in [-0.3, -0.25) is 9.69 Å². The number of carbonyl (C=O) groups excluding carboxylic acids is 2. The molecular formula is C28H27N3O3S. The number of fused-ring (bicyclic) bond motifs is 1. The Labute approximate surface area is 209 Å². The molecule has 2 N–H and O–H groups in total. The lowest BCUT2D eigenvalue weighted by Crippen LogP contribution is -2.31. The van der Waals surface area contributed by atoms with Crippen molar-refractivity contribution in [2.45, 2.75) is 6.54 Å². The maximum Gasteiger partial charge on any atom is 0.337 e. The van der Waals surface area contributed by atoms with Crippen molar-refractivity contribution < 1.29 is 14.3 Å². The predicted octanol–water partition coefficient (Wildman–Crippen LogP) is 4.95. The van der Waals surface area contributed by atoms with Crippen LogP contribution in [-0.4, -0.2) is 48.5 Å². The number of esters is 1. The smallest absolute Gasteiger partial charge is 0.337 e. The number of rotatable bonds is 6. The lowest BCUT2D eigenvalue weighted by molar-refractivity contribution is -0.110. The third-order valence-electron chi connectivity index (χ3n) is 6.23. The molecule has 178 valence electrons. The van der Waals surface area contributed by atoms with Gasteiger partial charge in [0.15, 0.2) is 0 Å². The molecule has 2 aliphatic rings. The average Bonchev–Trinajstić information content (AvgIpc) is 3.23. The molecule has 5 rings (SSSR count). The van der Waals surface area contributed by atoms with Gasteiger partial charge in [-0.15, -0.1) is 0 Å². The molecule has 0 saturated carbocycles. The van der Waals surface area contributed by atoms with Gasteiger partial charge >= 0.3 is 5.97 Å². The monoisotopic (exact) mass is 485 g/mol. The van der Waals surface area contributed by atoms with Crippen LogP contribution in [0.5, 0.6) is 0 Å². The van der Waals surface area contributed by atoms with Gasteiger partial charge < -0.3 is 15.4 Å². The van der Waals surface area contributed by atoms with Crippen molar-refractivity contribution in [3.05, 3.63) is 95.1 Å². The Morgan fingerprint density at radius 1 is 1.00 bits per heavy atom. The molecule has 1 amide bonds. The third-order valence-corrected chi connectivity index (χ3v) is 7.17. The zero-order valence-electron chi connectivity index (χ0n) is 19.5. The topological polar surface area (TPSA) is 70.7 Å². The first-order valence-corrected chi connectivity index (χ1v) is 12.8. The molecule has 6 nitrogen and oxygen atoms in total. The SMILES string of the molecule is COC(=O)c1ccc2c(c1)NC(=O)/C2=C(\Nc1ccc(CN2CCSCC2)cc1)c1ccccc1.